The minimum atomic E-state index is -3.71. The van der Waals surface area contributed by atoms with Crippen LogP contribution in [-0.2, 0) is 15.7 Å². The normalized spacial score (nSPS) is 20.2. The van der Waals surface area contributed by atoms with Gasteiger partial charge in [-0.25, -0.2) is 18.0 Å². The molecule has 0 aromatic heterocycles. The third kappa shape index (κ3) is 4.39. The van der Waals surface area contributed by atoms with E-state index in [1.165, 1.54) is 12.1 Å². The Hall–Kier alpha value is -0.320. The van der Waals surface area contributed by atoms with Crippen LogP contribution < -0.4 is 21.7 Å². The van der Waals surface area contributed by atoms with Crippen LogP contribution in [0.2, 0.25) is 5.02 Å². The maximum absolute atomic E-state index is 12.4. The summed E-state index contributed by atoms with van der Waals surface area (Å²) in [6.45, 7) is 7.76. The van der Waals surface area contributed by atoms with Gasteiger partial charge >= 0.3 is 5.17 Å². The van der Waals surface area contributed by atoms with Gasteiger partial charge in [-0.05, 0) is 37.7 Å². The summed E-state index contributed by atoms with van der Waals surface area (Å²) in [6.07, 6.45) is 0. The Bertz CT molecular complexity index is 783. The van der Waals surface area contributed by atoms with E-state index in [9.17, 15) is 13.5 Å². The van der Waals surface area contributed by atoms with Crippen molar-refractivity contribution in [1.29, 1.82) is 0 Å². The predicted molar refractivity (Wildman–Crippen MR) is 103 cm³/mol. The Morgan fingerprint density at radius 3 is 2.50 bits per heavy atom. The average Bonchev–Trinajstić information content (AvgIpc) is 2.86. The molecule has 6 nitrogen and oxygen atoms in total. The lowest BCUT2D eigenvalue weighted by Gasteiger charge is -2.26. The van der Waals surface area contributed by atoms with Gasteiger partial charge < -0.3 is 22.1 Å². The molecule has 0 saturated carbocycles. The molecule has 1 aliphatic heterocycles. The van der Waals surface area contributed by atoms with Crippen LogP contribution in [0.3, 0.4) is 0 Å². The maximum atomic E-state index is 12.4. The van der Waals surface area contributed by atoms with Gasteiger partial charge in [-0.15, -0.1) is 0 Å². The van der Waals surface area contributed by atoms with Crippen LogP contribution in [0.25, 0.3) is 0 Å². The first kappa shape index (κ1) is 23.7. The summed E-state index contributed by atoms with van der Waals surface area (Å²) in [7, 11) is -1.89. The van der Waals surface area contributed by atoms with Crippen molar-refractivity contribution in [3.8, 4) is 0 Å². The highest BCUT2D eigenvalue weighted by atomic mass is 79.9. The van der Waals surface area contributed by atoms with Gasteiger partial charge in [0.1, 0.15) is 4.90 Å². The molecule has 148 valence electrons. The fourth-order valence-electron chi connectivity index (χ4n) is 2.82. The third-order valence-corrected chi connectivity index (χ3v) is 7.66. The minimum Gasteiger partial charge on any atom is -1.00 e. The molecule has 2 rings (SSSR count). The van der Waals surface area contributed by atoms with E-state index in [2.05, 4.69) is 23.1 Å². The van der Waals surface area contributed by atoms with E-state index in [4.69, 9.17) is 11.6 Å². The molecule has 26 heavy (non-hydrogen) atoms. The van der Waals surface area contributed by atoms with Crippen molar-refractivity contribution >= 4 is 38.6 Å². The molecule has 2 N–H and O–H groups in total. The fraction of sp³-hybridized carbons (Fsp3) is 0.562. The monoisotopic (exact) mass is 485 g/mol. The highest BCUT2D eigenvalue weighted by Crippen LogP contribution is 2.39. The number of benzene rings is 1. The molecule has 1 heterocycles. The summed E-state index contributed by atoms with van der Waals surface area (Å²) in [5, 5.41) is 12.4. The van der Waals surface area contributed by atoms with E-state index in [-0.39, 0.29) is 33.4 Å². The van der Waals surface area contributed by atoms with Gasteiger partial charge in [0.15, 0.2) is 0 Å². The zero-order valence-corrected chi connectivity index (χ0v) is 19.3. The number of halogens is 2. The second kappa shape index (κ2) is 9.25. The number of hydrogen-bond acceptors (Lipinski definition) is 4. The number of hydrogen-bond donors (Lipinski definition) is 2. The highest BCUT2D eigenvalue weighted by molar-refractivity contribution is 8.13. The van der Waals surface area contributed by atoms with Gasteiger partial charge in [0, 0.05) is 12.1 Å². The summed E-state index contributed by atoms with van der Waals surface area (Å²) in [6, 6.07) is 4.66. The topological polar surface area (TPSA) is 72.7 Å². The fourth-order valence-corrected chi connectivity index (χ4v) is 5.86. The molecular weight excluding hydrogens is 462 g/mol. The van der Waals surface area contributed by atoms with Gasteiger partial charge in [0.25, 0.3) is 0 Å². The number of nitrogens with one attached hydrogen (secondary N) is 1. The Labute approximate surface area is 175 Å². The first-order valence-corrected chi connectivity index (χ1v) is 11.1. The molecule has 0 aliphatic carbocycles. The molecule has 0 radical (unpaired) electrons. The number of amidine groups is 1. The summed E-state index contributed by atoms with van der Waals surface area (Å²) < 4.78 is 29.3. The lowest BCUT2D eigenvalue weighted by molar-refractivity contribution is -0.523. The van der Waals surface area contributed by atoms with Crippen molar-refractivity contribution < 1.29 is 35.1 Å². The largest absolute Gasteiger partial charge is 1.00 e. The van der Waals surface area contributed by atoms with Crippen molar-refractivity contribution in [2.24, 2.45) is 0 Å². The molecule has 0 amide bonds. The second-order valence-corrected chi connectivity index (χ2v) is 8.85. The molecule has 1 aliphatic rings. The number of thioether (sulfide) groups is 1. The van der Waals surface area contributed by atoms with Crippen LogP contribution in [0.1, 0.15) is 26.3 Å². The summed E-state index contributed by atoms with van der Waals surface area (Å²) >= 11 is 7.65. The van der Waals surface area contributed by atoms with E-state index in [0.29, 0.717) is 11.3 Å². The molecule has 1 unspecified atom stereocenters. The van der Waals surface area contributed by atoms with Gasteiger partial charge in [-0.2, -0.15) is 0 Å². The van der Waals surface area contributed by atoms with Crippen molar-refractivity contribution in [2.45, 2.75) is 31.4 Å². The van der Waals surface area contributed by atoms with Crippen molar-refractivity contribution in [3.05, 3.63) is 28.8 Å². The quantitative estimate of drug-likeness (QED) is 0.498. The van der Waals surface area contributed by atoms with Crippen LogP contribution in [-0.4, -0.2) is 60.6 Å². The van der Waals surface area contributed by atoms with Crippen LogP contribution >= 0.6 is 23.4 Å². The molecule has 0 spiro atoms. The SMILES string of the molecule is CCNS(=O)(=O)c1cc(C2(O)CSC(=[N+](CC)CC)N2C)ccc1Cl.[Br-]. The Morgan fingerprint density at radius 2 is 1.96 bits per heavy atom. The van der Waals surface area contributed by atoms with Gasteiger partial charge in [0.05, 0.1) is 30.9 Å². The van der Waals surface area contributed by atoms with E-state index >= 15 is 0 Å². The van der Waals surface area contributed by atoms with E-state index in [1.54, 1.807) is 29.7 Å². The summed E-state index contributed by atoms with van der Waals surface area (Å²) in [4.78, 5) is 1.79. The zero-order chi connectivity index (χ0) is 18.8. The second-order valence-electron chi connectivity index (χ2n) is 5.77. The zero-order valence-electron chi connectivity index (χ0n) is 15.3. The highest BCUT2D eigenvalue weighted by Gasteiger charge is 2.50. The van der Waals surface area contributed by atoms with Crippen LogP contribution in [0.5, 0.6) is 0 Å². The van der Waals surface area contributed by atoms with Crippen LogP contribution in [0.15, 0.2) is 23.1 Å². The molecule has 1 aromatic rings. The molecule has 1 saturated heterocycles. The Kier molecular flexibility index (Phi) is 8.44. The molecule has 0 bridgehead atoms. The third-order valence-electron chi connectivity index (χ3n) is 4.30. The first-order valence-electron chi connectivity index (χ1n) is 8.21. The number of rotatable bonds is 6. The summed E-state index contributed by atoms with van der Waals surface area (Å²) in [5.41, 5.74) is -0.783. The predicted octanol–water partition coefficient (Wildman–Crippen LogP) is -1.13. The van der Waals surface area contributed by atoms with Crippen molar-refractivity contribution in [1.82, 2.24) is 9.62 Å². The molecule has 1 aromatic carbocycles. The standard InChI is InChI=1S/C16H25ClN3O3S2.BrH/c1-5-18-25(22,23)14-10-12(8-9-13(14)17)16(21)11-24-15(19(16)4)20(6-2)7-3;/h8-10,18,21H,5-7,11H2,1-4H3;1H/q+1;/p-1. The van der Waals surface area contributed by atoms with E-state index < -0.39 is 15.7 Å². The molecular formula is C16H25BrClN3O3S2. The van der Waals surface area contributed by atoms with Crippen molar-refractivity contribution in [2.75, 3.05) is 32.4 Å². The average molecular weight is 487 g/mol. The molecule has 1 fully saturated rings. The van der Waals surface area contributed by atoms with Gasteiger partial charge in [0.2, 0.25) is 15.7 Å². The lowest BCUT2D eigenvalue weighted by atomic mass is 10.0. The maximum Gasteiger partial charge on any atom is 0.311 e. The summed E-state index contributed by atoms with van der Waals surface area (Å²) in [5.74, 6) is 0.414. The van der Waals surface area contributed by atoms with Gasteiger partial charge in [-0.3, -0.25) is 4.58 Å². The number of sulfonamides is 1. The van der Waals surface area contributed by atoms with Crippen LogP contribution in [0.4, 0.5) is 0 Å². The number of nitrogens with zero attached hydrogens (tertiary/aromatic N) is 2. The lowest BCUT2D eigenvalue weighted by Crippen LogP contribution is -3.00. The Morgan fingerprint density at radius 1 is 1.35 bits per heavy atom. The van der Waals surface area contributed by atoms with E-state index in [0.717, 1.165) is 18.3 Å². The van der Waals surface area contributed by atoms with E-state index in [1.807, 2.05) is 7.05 Å². The molecule has 1 atom stereocenters. The molecule has 10 heteroatoms. The first-order chi connectivity index (χ1) is 11.7. The smallest absolute Gasteiger partial charge is 0.311 e. The number of aliphatic hydroxyl groups is 1. The van der Waals surface area contributed by atoms with Crippen LogP contribution in [0, 0.1) is 0 Å². The van der Waals surface area contributed by atoms with Crippen molar-refractivity contribution in [3.63, 3.8) is 0 Å². The Balaban J connectivity index is 0.00000338. The minimum absolute atomic E-state index is 0. The van der Waals surface area contributed by atoms with Gasteiger partial charge in [-0.1, -0.05) is 24.6 Å².